The minimum atomic E-state index is -0.999. The molecule has 1 saturated carbocycles. The maximum Gasteiger partial charge on any atom is 0.317 e. The molecule has 0 aromatic heterocycles. The molecule has 0 saturated heterocycles. The van der Waals surface area contributed by atoms with Gasteiger partial charge in [0.25, 0.3) is 0 Å². The van der Waals surface area contributed by atoms with Crippen molar-refractivity contribution in [1.82, 2.24) is 4.90 Å². The first-order chi connectivity index (χ1) is 7.52. The number of hydrogen-bond donors (Lipinski definition) is 2. The molecule has 0 heterocycles. The van der Waals surface area contributed by atoms with Crippen LogP contribution in [0.5, 0.6) is 0 Å². The van der Waals surface area contributed by atoms with E-state index in [0.717, 1.165) is 0 Å². The van der Waals surface area contributed by atoms with E-state index in [1.54, 1.807) is 0 Å². The fraction of sp³-hybridized carbons (Fsp3) is 0.800. The van der Waals surface area contributed by atoms with Crippen LogP contribution in [0.3, 0.4) is 0 Å². The first-order valence-corrected chi connectivity index (χ1v) is 5.32. The Balaban J connectivity index is 2.39. The van der Waals surface area contributed by atoms with Gasteiger partial charge in [0.2, 0.25) is 0 Å². The Labute approximate surface area is 93.8 Å². The van der Waals surface area contributed by atoms with E-state index in [9.17, 15) is 9.59 Å². The molecule has 1 fully saturated rings. The molecule has 0 aromatic rings. The van der Waals surface area contributed by atoms with E-state index in [-0.39, 0.29) is 25.2 Å². The van der Waals surface area contributed by atoms with Crippen molar-refractivity contribution in [2.45, 2.75) is 31.9 Å². The van der Waals surface area contributed by atoms with Crippen LogP contribution in [0.15, 0.2) is 0 Å². The second-order valence-electron chi connectivity index (χ2n) is 3.90. The third kappa shape index (κ3) is 3.79. The summed E-state index contributed by atoms with van der Waals surface area (Å²) < 4.78 is 5.35. The zero-order valence-corrected chi connectivity index (χ0v) is 9.26. The number of rotatable bonds is 7. The maximum atomic E-state index is 10.6. The van der Waals surface area contributed by atoms with Crippen molar-refractivity contribution in [2.24, 2.45) is 0 Å². The molecule has 92 valence electrons. The molecule has 6 nitrogen and oxygen atoms in total. The lowest BCUT2D eigenvalue weighted by Crippen LogP contribution is -2.51. The van der Waals surface area contributed by atoms with Gasteiger partial charge < -0.3 is 14.9 Å². The Morgan fingerprint density at radius 2 is 1.75 bits per heavy atom. The number of nitrogens with zero attached hydrogens (tertiary/aromatic N) is 1. The summed E-state index contributed by atoms with van der Waals surface area (Å²) in [7, 11) is 0. The van der Waals surface area contributed by atoms with Crippen LogP contribution in [-0.4, -0.2) is 58.9 Å². The lowest BCUT2D eigenvalue weighted by molar-refractivity contribution is -0.146. The standard InChI is InChI=1S/C10H17NO5/c1-2-16-8-3-7(4-8)11(5-9(12)13)6-10(14)15/h7-8H,2-6H2,1H3,(H,12,13)(H,14,15). The van der Waals surface area contributed by atoms with E-state index in [1.165, 1.54) is 4.90 Å². The average Bonchev–Trinajstić information content (AvgIpc) is 2.07. The van der Waals surface area contributed by atoms with Crippen LogP contribution < -0.4 is 0 Å². The molecule has 0 amide bonds. The summed E-state index contributed by atoms with van der Waals surface area (Å²) in [4.78, 5) is 22.6. The summed E-state index contributed by atoms with van der Waals surface area (Å²) in [6.07, 6.45) is 1.59. The molecule has 0 unspecified atom stereocenters. The van der Waals surface area contributed by atoms with Gasteiger partial charge in [-0.3, -0.25) is 14.5 Å². The van der Waals surface area contributed by atoms with Crippen LogP contribution in [0.25, 0.3) is 0 Å². The van der Waals surface area contributed by atoms with E-state index in [0.29, 0.717) is 19.4 Å². The predicted octanol–water partition coefficient (Wildman–Crippen LogP) is 0.0251. The van der Waals surface area contributed by atoms with Crippen LogP contribution in [-0.2, 0) is 14.3 Å². The summed E-state index contributed by atoms with van der Waals surface area (Å²) in [5.74, 6) is -2.00. The van der Waals surface area contributed by atoms with Crippen molar-refractivity contribution in [1.29, 1.82) is 0 Å². The number of ether oxygens (including phenoxy) is 1. The fourth-order valence-electron chi connectivity index (χ4n) is 1.87. The van der Waals surface area contributed by atoms with Gasteiger partial charge in [0.05, 0.1) is 19.2 Å². The van der Waals surface area contributed by atoms with Gasteiger partial charge in [-0.05, 0) is 19.8 Å². The highest BCUT2D eigenvalue weighted by Gasteiger charge is 2.35. The van der Waals surface area contributed by atoms with Gasteiger partial charge in [0.1, 0.15) is 0 Å². The van der Waals surface area contributed by atoms with Crippen molar-refractivity contribution >= 4 is 11.9 Å². The minimum absolute atomic E-state index is 0.0174. The molecular weight excluding hydrogens is 214 g/mol. The molecule has 1 aliphatic carbocycles. The molecule has 16 heavy (non-hydrogen) atoms. The number of aliphatic carboxylic acids is 2. The lowest BCUT2D eigenvalue weighted by atomic mass is 9.87. The van der Waals surface area contributed by atoms with Crippen molar-refractivity contribution < 1.29 is 24.5 Å². The Hall–Kier alpha value is -1.14. The molecule has 0 bridgehead atoms. The molecule has 1 aliphatic rings. The normalized spacial score (nSPS) is 24.1. The van der Waals surface area contributed by atoms with E-state index in [1.807, 2.05) is 6.92 Å². The van der Waals surface area contributed by atoms with Gasteiger partial charge in [0.15, 0.2) is 0 Å². The van der Waals surface area contributed by atoms with Crippen LogP contribution in [0, 0.1) is 0 Å². The second kappa shape index (κ2) is 5.81. The zero-order valence-electron chi connectivity index (χ0n) is 9.26. The third-order valence-corrected chi connectivity index (χ3v) is 2.67. The number of carbonyl (C=O) groups is 2. The summed E-state index contributed by atoms with van der Waals surface area (Å²) in [6, 6.07) is 0.0174. The van der Waals surface area contributed by atoms with E-state index in [4.69, 9.17) is 14.9 Å². The Morgan fingerprint density at radius 1 is 1.25 bits per heavy atom. The smallest absolute Gasteiger partial charge is 0.317 e. The second-order valence-corrected chi connectivity index (χ2v) is 3.90. The minimum Gasteiger partial charge on any atom is -0.480 e. The summed E-state index contributed by atoms with van der Waals surface area (Å²) >= 11 is 0. The van der Waals surface area contributed by atoms with Gasteiger partial charge in [-0.15, -0.1) is 0 Å². The van der Waals surface area contributed by atoms with Crippen molar-refractivity contribution in [3.8, 4) is 0 Å². The molecule has 2 N–H and O–H groups in total. The average molecular weight is 231 g/mol. The van der Waals surface area contributed by atoms with E-state index < -0.39 is 11.9 Å². The van der Waals surface area contributed by atoms with Crippen LogP contribution in [0.2, 0.25) is 0 Å². The zero-order chi connectivity index (χ0) is 12.1. The highest BCUT2D eigenvalue weighted by molar-refractivity contribution is 5.72. The van der Waals surface area contributed by atoms with Gasteiger partial charge in [-0.2, -0.15) is 0 Å². The third-order valence-electron chi connectivity index (χ3n) is 2.67. The number of hydrogen-bond acceptors (Lipinski definition) is 4. The Morgan fingerprint density at radius 3 is 2.12 bits per heavy atom. The monoisotopic (exact) mass is 231 g/mol. The maximum absolute atomic E-state index is 10.6. The van der Waals surface area contributed by atoms with E-state index in [2.05, 4.69) is 0 Å². The van der Waals surface area contributed by atoms with Gasteiger partial charge >= 0.3 is 11.9 Å². The first-order valence-electron chi connectivity index (χ1n) is 5.32. The summed E-state index contributed by atoms with van der Waals surface area (Å²) in [5.41, 5.74) is 0. The predicted molar refractivity (Wildman–Crippen MR) is 55.3 cm³/mol. The van der Waals surface area contributed by atoms with Crippen molar-refractivity contribution in [3.05, 3.63) is 0 Å². The van der Waals surface area contributed by atoms with Gasteiger partial charge in [-0.1, -0.05) is 0 Å². The van der Waals surface area contributed by atoms with Crippen LogP contribution in [0.4, 0.5) is 0 Å². The molecule has 0 aromatic carbocycles. The molecule has 0 atom stereocenters. The lowest BCUT2D eigenvalue weighted by Gasteiger charge is -2.41. The Kier molecular flexibility index (Phi) is 4.70. The highest BCUT2D eigenvalue weighted by atomic mass is 16.5. The number of carboxylic acids is 2. The largest absolute Gasteiger partial charge is 0.480 e. The van der Waals surface area contributed by atoms with E-state index >= 15 is 0 Å². The van der Waals surface area contributed by atoms with Crippen molar-refractivity contribution in [3.63, 3.8) is 0 Å². The molecule has 1 rings (SSSR count). The van der Waals surface area contributed by atoms with Gasteiger partial charge in [0, 0.05) is 12.6 Å². The Bertz CT molecular complexity index is 246. The molecule has 0 aliphatic heterocycles. The first kappa shape index (κ1) is 12.9. The molecule has 0 radical (unpaired) electrons. The quantitative estimate of drug-likeness (QED) is 0.642. The van der Waals surface area contributed by atoms with Gasteiger partial charge in [-0.25, -0.2) is 0 Å². The molecule has 6 heteroatoms. The SMILES string of the molecule is CCOC1CC(N(CC(=O)O)CC(=O)O)C1. The van der Waals surface area contributed by atoms with Crippen LogP contribution in [0.1, 0.15) is 19.8 Å². The highest BCUT2D eigenvalue weighted by Crippen LogP contribution is 2.28. The summed E-state index contributed by atoms with van der Waals surface area (Å²) in [5, 5.41) is 17.3. The number of carboxylic acid groups (broad SMARTS) is 2. The molecule has 0 spiro atoms. The summed E-state index contributed by atoms with van der Waals surface area (Å²) in [6.45, 7) is 2.08. The topological polar surface area (TPSA) is 87.1 Å². The molecular formula is C10H17NO5. The fourth-order valence-corrected chi connectivity index (χ4v) is 1.87. The van der Waals surface area contributed by atoms with Crippen LogP contribution >= 0.6 is 0 Å². The van der Waals surface area contributed by atoms with Crippen molar-refractivity contribution in [2.75, 3.05) is 19.7 Å².